The average Bonchev–Trinajstić information content (AvgIpc) is 3.08. The Morgan fingerprint density at radius 1 is 1.22 bits per heavy atom. The maximum atomic E-state index is 12.1. The number of thiophene rings is 1. The molecule has 0 saturated carbocycles. The van der Waals surface area contributed by atoms with Gasteiger partial charge in [-0.3, -0.25) is 9.78 Å². The molecular weight excluding hydrogens is 312 g/mol. The lowest BCUT2D eigenvalue weighted by Crippen LogP contribution is -2.19. The number of aromatic amines is 1. The van der Waals surface area contributed by atoms with Gasteiger partial charge in [0.15, 0.2) is 0 Å². The smallest absolute Gasteiger partial charge is 0.274 e. The molecule has 0 spiro atoms. The highest BCUT2D eigenvalue weighted by atomic mass is 32.1. The Morgan fingerprint density at radius 3 is 2.83 bits per heavy atom. The van der Waals surface area contributed by atoms with Crippen LogP contribution >= 0.6 is 11.3 Å². The van der Waals surface area contributed by atoms with Gasteiger partial charge >= 0.3 is 0 Å². The highest BCUT2D eigenvalue weighted by Gasteiger charge is 2.07. The van der Waals surface area contributed by atoms with E-state index in [-0.39, 0.29) is 5.56 Å². The van der Waals surface area contributed by atoms with Crippen LogP contribution in [0.15, 0.2) is 46.6 Å². The van der Waals surface area contributed by atoms with Crippen LogP contribution in [0.3, 0.4) is 0 Å². The first-order chi connectivity index (χ1) is 11.3. The molecule has 2 N–H and O–H groups in total. The predicted octanol–water partition coefficient (Wildman–Crippen LogP) is 2.44. The summed E-state index contributed by atoms with van der Waals surface area (Å²) >= 11 is 1.59. The van der Waals surface area contributed by atoms with E-state index in [1.165, 1.54) is 0 Å². The molecule has 6 nitrogen and oxygen atoms in total. The van der Waals surface area contributed by atoms with Gasteiger partial charge in [0.25, 0.3) is 5.56 Å². The van der Waals surface area contributed by atoms with Crippen molar-refractivity contribution in [3.05, 3.63) is 68.3 Å². The van der Waals surface area contributed by atoms with Crippen molar-refractivity contribution in [3.63, 3.8) is 0 Å². The number of methoxy groups -OCH3 is 1. The van der Waals surface area contributed by atoms with Crippen LogP contribution in [0.4, 0.5) is 5.95 Å². The summed E-state index contributed by atoms with van der Waals surface area (Å²) in [6.07, 6.45) is 0.493. The minimum Gasteiger partial charge on any atom is -0.496 e. The third-order valence-corrected chi connectivity index (χ3v) is 4.20. The summed E-state index contributed by atoms with van der Waals surface area (Å²) in [5.74, 6) is 1.13. The molecule has 1 aromatic carbocycles. The van der Waals surface area contributed by atoms with Gasteiger partial charge in [-0.05, 0) is 17.5 Å². The minimum atomic E-state index is -0.226. The molecule has 0 bridgehead atoms. The molecule has 0 aliphatic heterocycles. The fourth-order valence-electron chi connectivity index (χ4n) is 2.16. The molecule has 0 unspecified atom stereocenters. The highest BCUT2D eigenvalue weighted by molar-refractivity contribution is 7.09. The Labute approximate surface area is 137 Å². The van der Waals surface area contributed by atoms with Crippen LogP contribution in [0.1, 0.15) is 16.1 Å². The molecule has 23 heavy (non-hydrogen) atoms. The molecule has 0 amide bonds. The average molecular weight is 328 g/mol. The van der Waals surface area contributed by atoms with E-state index in [0.717, 1.165) is 16.2 Å². The Balaban J connectivity index is 1.69. The zero-order valence-corrected chi connectivity index (χ0v) is 13.4. The lowest BCUT2D eigenvalue weighted by molar-refractivity contribution is 0.410. The number of H-pyrrole nitrogens is 1. The maximum Gasteiger partial charge on any atom is 0.274 e. The van der Waals surface area contributed by atoms with Crippen molar-refractivity contribution in [3.8, 4) is 5.75 Å². The molecule has 0 aliphatic rings. The summed E-state index contributed by atoms with van der Waals surface area (Å²) in [5, 5.41) is 13.1. The summed E-state index contributed by atoms with van der Waals surface area (Å²) in [5.41, 5.74) is 1.16. The topological polar surface area (TPSA) is 79.9 Å². The molecule has 3 aromatic rings. The van der Waals surface area contributed by atoms with Gasteiger partial charge in [0.1, 0.15) is 11.4 Å². The monoisotopic (exact) mass is 328 g/mol. The molecule has 118 valence electrons. The molecule has 0 atom stereocenters. The van der Waals surface area contributed by atoms with Gasteiger partial charge in [-0.15, -0.1) is 21.5 Å². The quantitative estimate of drug-likeness (QED) is 0.726. The number of nitrogens with one attached hydrogen (secondary N) is 2. The van der Waals surface area contributed by atoms with E-state index in [1.807, 2.05) is 41.8 Å². The van der Waals surface area contributed by atoms with Gasteiger partial charge in [-0.2, -0.15) is 0 Å². The second-order valence-corrected chi connectivity index (χ2v) is 5.90. The fourth-order valence-corrected chi connectivity index (χ4v) is 2.87. The van der Waals surface area contributed by atoms with E-state index < -0.39 is 0 Å². The first-order valence-electron chi connectivity index (χ1n) is 7.10. The van der Waals surface area contributed by atoms with Gasteiger partial charge in [0.2, 0.25) is 5.95 Å². The Bertz CT molecular complexity index is 830. The predicted molar refractivity (Wildman–Crippen MR) is 90.1 cm³/mol. The Kier molecular flexibility index (Phi) is 4.68. The number of para-hydroxylation sites is 1. The lowest BCUT2D eigenvalue weighted by atomic mass is 10.2. The lowest BCUT2D eigenvalue weighted by Gasteiger charge is -2.09. The van der Waals surface area contributed by atoms with Crippen LogP contribution in [0.25, 0.3) is 0 Å². The van der Waals surface area contributed by atoms with Crippen molar-refractivity contribution in [1.82, 2.24) is 15.2 Å². The number of aromatic nitrogens is 3. The molecular formula is C16H16N4O2S. The zero-order valence-electron chi connectivity index (χ0n) is 12.6. The van der Waals surface area contributed by atoms with E-state index in [9.17, 15) is 4.79 Å². The number of hydrogen-bond donors (Lipinski definition) is 2. The molecule has 0 saturated heterocycles. The van der Waals surface area contributed by atoms with Gasteiger partial charge in [-0.25, -0.2) is 0 Å². The molecule has 0 radical (unpaired) electrons. The number of hydrogen-bond acceptors (Lipinski definition) is 6. The van der Waals surface area contributed by atoms with E-state index >= 15 is 0 Å². The van der Waals surface area contributed by atoms with Crippen LogP contribution in [-0.4, -0.2) is 22.3 Å². The second-order valence-electron chi connectivity index (χ2n) is 4.87. The first kappa shape index (κ1) is 15.2. The summed E-state index contributed by atoms with van der Waals surface area (Å²) in [7, 11) is 1.62. The summed E-state index contributed by atoms with van der Waals surface area (Å²) in [6.45, 7) is 0.485. The minimum absolute atomic E-state index is 0.226. The van der Waals surface area contributed by atoms with Crippen molar-refractivity contribution in [2.75, 3.05) is 12.4 Å². The van der Waals surface area contributed by atoms with Crippen LogP contribution in [0.2, 0.25) is 0 Å². The van der Waals surface area contributed by atoms with E-state index in [1.54, 1.807) is 18.4 Å². The van der Waals surface area contributed by atoms with Crippen LogP contribution in [-0.2, 0) is 13.0 Å². The summed E-state index contributed by atoms with van der Waals surface area (Å²) < 4.78 is 5.29. The number of anilines is 1. The highest BCUT2D eigenvalue weighted by Crippen LogP contribution is 2.17. The Morgan fingerprint density at radius 2 is 2.09 bits per heavy atom. The van der Waals surface area contributed by atoms with Crippen LogP contribution in [0, 0.1) is 0 Å². The maximum absolute atomic E-state index is 12.1. The third-order valence-electron chi connectivity index (χ3n) is 3.33. The van der Waals surface area contributed by atoms with Crippen molar-refractivity contribution < 1.29 is 4.74 Å². The van der Waals surface area contributed by atoms with Gasteiger partial charge in [0, 0.05) is 23.4 Å². The Hall–Kier alpha value is -2.67. The fraction of sp³-hybridized carbons (Fsp3) is 0.188. The van der Waals surface area contributed by atoms with Crippen molar-refractivity contribution in [2.24, 2.45) is 0 Å². The molecule has 7 heteroatoms. The van der Waals surface area contributed by atoms with Crippen molar-refractivity contribution in [1.29, 1.82) is 0 Å². The van der Waals surface area contributed by atoms with Gasteiger partial charge in [0.05, 0.1) is 7.11 Å². The number of rotatable bonds is 6. The normalized spacial score (nSPS) is 10.5. The number of nitrogens with zero attached hydrogens (tertiary/aromatic N) is 2. The van der Waals surface area contributed by atoms with Crippen LogP contribution in [0.5, 0.6) is 5.75 Å². The SMILES string of the molecule is COc1ccccc1CNc1nnc(Cc2cccs2)c(=O)[nH]1. The molecule has 0 fully saturated rings. The zero-order chi connectivity index (χ0) is 16.1. The van der Waals surface area contributed by atoms with Gasteiger partial charge in [-0.1, -0.05) is 24.3 Å². The van der Waals surface area contributed by atoms with Crippen molar-refractivity contribution in [2.45, 2.75) is 13.0 Å². The number of benzene rings is 1. The summed E-state index contributed by atoms with van der Waals surface area (Å²) in [4.78, 5) is 15.9. The van der Waals surface area contributed by atoms with Crippen molar-refractivity contribution >= 4 is 17.3 Å². The van der Waals surface area contributed by atoms with Crippen LogP contribution < -0.4 is 15.6 Å². The largest absolute Gasteiger partial charge is 0.496 e. The molecule has 2 aromatic heterocycles. The van der Waals surface area contributed by atoms with E-state index in [2.05, 4.69) is 20.5 Å². The third kappa shape index (κ3) is 3.75. The van der Waals surface area contributed by atoms with E-state index in [0.29, 0.717) is 24.6 Å². The number of ether oxygens (including phenoxy) is 1. The standard InChI is InChI=1S/C16H16N4O2S/c1-22-14-7-3-2-5-11(14)10-17-16-18-15(21)13(19-20-16)9-12-6-4-8-23-12/h2-8H,9-10H2,1H3,(H2,17,18,20,21). The first-order valence-corrected chi connectivity index (χ1v) is 7.98. The molecule has 0 aliphatic carbocycles. The van der Waals surface area contributed by atoms with Gasteiger partial charge < -0.3 is 10.1 Å². The second kappa shape index (κ2) is 7.06. The molecule has 2 heterocycles. The summed E-state index contributed by atoms with van der Waals surface area (Å²) in [6, 6.07) is 11.6. The molecule has 3 rings (SSSR count). The van der Waals surface area contributed by atoms with E-state index in [4.69, 9.17) is 4.74 Å².